The Morgan fingerprint density at radius 2 is 1.56 bits per heavy atom. The lowest BCUT2D eigenvalue weighted by molar-refractivity contribution is -0.136. The number of nitrogens with zero attached hydrogens (tertiary/aromatic N) is 1. The van der Waals surface area contributed by atoms with Crippen LogP contribution in [0.2, 0.25) is 0 Å². The van der Waals surface area contributed by atoms with E-state index in [0.29, 0.717) is 38.9 Å². The van der Waals surface area contributed by atoms with Gasteiger partial charge in [0.1, 0.15) is 0 Å². The highest BCUT2D eigenvalue weighted by molar-refractivity contribution is 5.89. The van der Waals surface area contributed by atoms with Gasteiger partial charge in [0.05, 0.1) is 5.41 Å². The summed E-state index contributed by atoms with van der Waals surface area (Å²) in [6.45, 7) is 3.81. The van der Waals surface area contributed by atoms with Crippen molar-refractivity contribution in [3.63, 3.8) is 0 Å². The maximum absolute atomic E-state index is 12.9. The number of nitrogens with one attached hydrogen (secondary N) is 1. The number of aryl methyl sites for hydroxylation is 1. The van der Waals surface area contributed by atoms with Crippen molar-refractivity contribution in [1.82, 2.24) is 10.2 Å². The van der Waals surface area contributed by atoms with Crippen molar-refractivity contribution in [3.8, 4) is 0 Å². The summed E-state index contributed by atoms with van der Waals surface area (Å²) in [4.78, 5) is 27.5. The third kappa shape index (κ3) is 4.38. The Bertz CT molecular complexity index is 750. The van der Waals surface area contributed by atoms with Crippen LogP contribution in [0.1, 0.15) is 37.3 Å². The number of carbonyl (C=O) groups is 2. The van der Waals surface area contributed by atoms with E-state index in [0.717, 1.165) is 12.0 Å². The molecule has 1 aliphatic rings. The van der Waals surface area contributed by atoms with Gasteiger partial charge in [0.25, 0.3) is 0 Å². The summed E-state index contributed by atoms with van der Waals surface area (Å²) in [5.74, 6) is 0.254. The Morgan fingerprint density at radius 3 is 2.15 bits per heavy atom. The van der Waals surface area contributed by atoms with Gasteiger partial charge in [-0.3, -0.25) is 9.59 Å². The summed E-state index contributed by atoms with van der Waals surface area (Å²) in [6, 6.07) is 20.1. The van der Waals surface area contributed by atoms with Gasteiger partial charge in [-0.25, -0.2) is 0 Å². The molecule has 2 amide bonds. The van der Waals surface area contributed by atoms with Crippen molar-refractivity contribution < 1.29 is 9.59 Å². The SMILES string of the molecule is CCNC(=O)C1(c2ccccc2)CCN(C(=O)CCc2ccccc2)CC1. The molecule has 0 spiro atoms. The Hall–Kier alpha value is -2.62. The highest BCUT2D eigenvalue weighted by Gasteiger charge is 2.43. The molecule has 1 N–H and O–H groups in total. The van der Waals surface area contributed by atoms with E-state index in [2.05, 4.69) is 17.4 Å². The Balaban J connectivity index is 1.65. The topological polar surface area (TPSA) is 49.4 Å². The number of amides is 2. The second-order valence-electron chi connectivity index (χ2n) is 7.17. The molecule has 27 heavy (non-hydrogen) atoms. The van der Waals surface area contributed by atoms with Crippen LogP contribution in [0, 0.1) is 0 Å². The highest BCUT2D eigenvalue weighted by Crippen LogP contribution is 2.36. The molecule has 0 aromatic heterocycles. The fourth-order valence-corrected chi connectivity index (χ4v) is 3.93. The lowest BCUT2D eigenvalue weighted by Crippen LogP contribution is -2.52. The standard InChI is InChI=1S/C23H28N2O2/c1-2-24-22(27)23(20-11-7-4-8-12-20)15-17-25(18-16-23)21(26)14-13-19-9-5-3-6-10-19/h3-12H,2,13-18H2,1H3,(H,24,27). The molecule has 142 valence electrons. The zero-order chi connectivity index (χ0) is 19.1. The molecule has 2 aromatic carbocycles. The number of hydrogen-bond donors (Lipinski definition) is 1. The molecule has 0 bridgehead atoms. The predicted octanol–water partition coefficient (Wildman–Crippen LogP) is 3.32. The number of rotatable bonds is 6. The molecule has 1 aliphatic heterocycles. The van der Waals surface area contributed by atoms with E-state index in [4.69, 9.17) is 0 Å². The van der Waals surface area contributed by atoms with Gasteiger partial charge >= 0.3 is 0 Å². The molecule has 4 heteroatoms. The van der Waals surface area contributed by atoms with Crippen molar-refractivity contribution in [1.29, 1.82) is 0 Å². The molecule has 1 heterocycles. The highest BCUT2D eigenvalue weighted by atomic mass is 16.2. The van der Waals surface area contributed by atoms with Crippen LogP contribution in [-0.2, 0) is 21.4 Å². The van der Waals surface area contributed by atoms with Crippen LogP contribution in [-0.4, -0.2) is 36.3 Å². The molecule has 3 rings (SSSR count). The molecule has 2 aromatic rings. The van der Waals surface area contributed by atoms with Gasteiger partial charge in [-0.1, -0.05) is 60.7 Å². The smallest absolute Gasteiger partial charge is 0.230 e. The second-order valence-corrected chi connectivity index (χ2v) is 7.17. The first-order chi connectivity index (χ1) is 13.2. The third-order valence-corrected chi connectivity index (χ3v) is 5.54. The molecular weight excluding hydrogens is 336 g/mol. The second kappa shape index (κ2) is 8.85. The quantitative estimate of drug-likeness (QED) is 0.855. The van der Waals surface area contributed by atoms with Gasteiger partial charge in [-0.2, -0.15) is 0 Å². The Kier molecular flexibility index (Phi) is 6.28. The largest absolute Gasteiger partial charge is 0.356 e. The summed E-state index contributed by atoms with van der Waals surface area (Å²) in [7, 11) is 0. The van der Waals surface area contributed by atoms with Crippen LogP contribution in [0.4, 0.5) is 0 Å². The van der Waals surface area contributed by atoms with E-state index in [9.17, 15) is 9.59 Å². The van der Waals surface area contributed by atoms with Crippen molar-refractivity contribution >= 4 is 11.8 Å². The van der Waals surface area contributed by atoms with E-state index >= 15 is 0 Å². The van der Waals surface area contributed by atoms with Gasteiger partial charge in [0, 0.05) is 26.1 Å². The minimum Gasteiger partial charge on any atom is -0.356 e. The van der Waals surface area contributed by atoms with Crippen LogP contribution in [0.5, 0.6) is 0 Å². The van der Waals surface area contributed by atoms with Crippen LogP contribution in [0.3, 0.4) is 0 Å². The van der Waals surface area contributed by atoms with Crippen molar-refractivity contribution in [2.45, 2.75) is 38.0 Å². The summed E-state index contributed by atoms with van der Waals surface area (Å²) >= 11 is 0. The van der Waals surface area contributed by atoms with Crippen LogP contribution < -0.4 is 5.32 Å². The average Bonchev–Trinajstić information content (AvgIpc) is 2.73. The summed E-state index contributed by atoms with van der Waals surface area (Å²) in [5, 5.41) is 3.00. The van der Waals surface area contributed by atoms with Crippen LogP contribution in [0.25, 0.3) is 0 Å². The minimum absolute atomic E-state index is 0.0765. The molecule has 1 saturated heterocycles. The van der Waals surface area contributed by atoms with Gasteiger partial charge < -0.3 is 10.2 Å². The predicted molar refractivity (Wildman–Crippen MR) is 107 cm³/mol. The molecule has 1 fully saturated rings. The number of carbonyl (C=O) groups excluding carboxylic acids is 2. The van der Waals surface area contributed by atoms with Gasteiger partial charge in [-0.05, 0) is 37.3 Å². The number of hydrogen-bond acceptors (Lipinski definition) is 2. The molecule has 0 saturated carbocycles. The van der Waals surface area contributed by atoms with Gasteiger partial charge in [-0.15, -0.1) is 0 Å². The molecular formula is C23H28N2O2. The number of piperidine rings is 1. The summed E-state index contributed by atoms with van der Waals surface area (Å²) in [6.07, 6.45) is 2.61. The lowest BCUT2D eigenvalue weighted by atomic mass is 9.72. The fourth-order valence-electron chi connectivity index (χ4n) is 3.93. The molecule has 4 nitrogen and oxygen atoms in total. The maximum Gasteiger partial charge on any atom is 0.230 e. The average molecular weight is 364 g/mol. The van der Waals surface area contributed by atoms with Gasteiger partial charge in [0.2, 0.25) is 11.8 Å². The van der Waals surface area contributed by atoms with E-state index in [1.807, 2.05) is 60.4 Å². The van der Waals surface area contributed by atoms with Crippen molar-refractivity contribution in [2.24, 2.45) is 0 Å². The van der Waals surface area contributed by atoms with E-state index in [1.54, 1.807) is 0 Å². The molecule has 0 unspecified atom stereocenters. The lowest BCUT2D eigenvalue weighted by Gasteiger charge is -2.41. The molecule has 0 atom stereocenters. The van der Waals surface area contributed by atoms with E-state index in [1.165, 1.54) is 5.56 Å². The minimum atomic E-state index is -0.534. The monoisotopic (exact) mass is 364 g/mol. The van der Waals surface area contributed by atoms with E-state index in [-0.39, 0.29) is 11.8 Å². The van der Waals surface area contributed by atoms with Crippen LogP contribution >= 0.6 is 0 Å². The van der Waals surface area contributed by atoms with Gasteiger partial charge in [0.15, 0.2) is 0 Å². The maximum atomic E-state index is 12.9. The zero-order valence-corrected chi connectivity index (χ0v) is 16.0. The third-order valence-electron chi connectivity index (χ3n) is 5.54. The number of likely N-dealkylation sites (N-methyl/N-ethyl adjacent to an activating group) is 1. The first-order valence-electron chi connectivity index (χ1n) is 9.81. The summed E-state index contributed by atoms with van der Waals surface area (Å²) in [5.41, 5.74) is 1.70. The Labute approximate surface area is 161 Å². The normalized spacial score (nSPS) is 16.0. The first kappa shape index (κ1) is 19.2. The zero-order valence-electron chi connectivity index (χ0n) is 16.0. The first-order valence-corrected chi connectivity index (χ1v) is 9.81. The number of likely N-dealkylation sites (tertiary alicyclic amines) is 1. The van der Waals surface area contributed by atoms with E-state index < -0.39 is 5.41 Å². The summed E-state index contributed by atoms with van der Waals surface area (Å²) < 4.78 is 0. The number of benzene rings is 2. The van der Waals surface area contributed by atoms with Crippen molar-refractivity contribution in [3.05, 3.63) is 71.8 Å². The van der Waals surface area contributed by atoms with Crippen LogP contribution in [0.15, 0.2) is 60.7 Å². The fraction of sp³-hybridized carbons (Fsp3) is 0.391. The molecule has 0 radical (unpaired) electrons. The van der Waals surface area contributed by atoms with Crippen molar-refractivity contribution in [2.75, 3.05) is 19.6 Å². The molecule has 0 aliphatic carbocycles. The Morgan fingerprint density at radius 1 is 0.963 bits per heavy atom.